The van der Waals surface area contributed by atoms with Gasteiger partial charge in [-0.25, -0.2) is 4.98 Å². The van der Waals surface area contributed by atoms with Gasteiger partial charge in [0.05, 0.1) is 30.6 Å². The first kappa shape index (κ1) is 8.88. The zero-order chi connectivity index (χ0) is 10.1. The maximum Gasteiger partial charge on any atom is 0.183 e. The van der Waals surface area contributed by atoms with E-state index in [4.69, 9.17) is 9.47 Å². The summed E-state index contributed by atoms with van der Waals surface area (Å²) in [5.74, 6) is 0. The predicted octanol–water partition coefficient (Wildman–Crippen LogP) is 2.00. The Bertz CT molecular complexity index is 460. The molecular formula is C11H12N2O2. The lowest BCUT2D eigenvalue weighted by Crippen LogP contribution is -2.17. The molecule has 0 unspecified atom stereocenters. The third-order valence-electron chi connectivity index (χ3n) is 2.54. The maximum absolute atomic E-state index is 5.53. The first-order valence-electron chi connectivity index (χ1n) is 5.10. The van der Waals surface area contributed by atoms with E-state index in [0.29, 0.717) is 0 Å². The molecule has 1 saturated heterocycles. The second-order valence-corrected chi connectivity index (χ2v) is 3.61. The van der Waals surface area contributed by atoms with Crippen molar-refractivity contribution in [1.82, 2.24) is 9.97 Å². The summed E-state index contributed by atoms with van der Waals surface area (Å²) in [7, 11) is 0. The van der Waals surface area contributed by atoms with Crippen molar-refractivity contribution >= 4 is 11.0 Å². The summed E-state index contributed by atoms with van der Waals surface area (Å²) in [5.41, 5.74) is 3.03. The standard InChI is InChI=1S/C11H12N2O2/c1-4-14-11(15-5-1)8-2-3-9-10(6-8)13-7-12-9/h2-3,6-7,11H,1,4-5H2,(H,12,13). The predicted molar refractivity (Wildman–Crippen MR) is 55.4 cm³/mol. The molecule has 0 bridgehead atoms. The minimum atomic E-state index is -0.216. The lowest BCUT2D eigenvalue weighted by molar-refractivity contribution is -0.182. The maximum atomic E-state index is 5.53. The quantitative estimate of drug-likeness (QED) is 0.772. The molecule has 1 fully saturated rings. The fourth-order valence-electron chi connectivity index (χ4n) is 1.78. The average Bonchev–Trinajstić information content (AvgIpc) is 2.77. The molecule has 0 saturated carbocycles. The molecule has 0 spiro atoms. The number of hydrogen-bond acceptors (Lipinski definition) is 3. The molecule has 15 heavy (non-hydrogen) atoms. The van der Waals surface area contributed by atoms with Gasteiger partial charge < -0.3 is 14.5 Å². The summed E-state index contributed by atoms with van der Waals surface area (Å²) >= 11 is 0. The van der Waals surface area contributed by atoms with Gasteiger partial charge in [0, 0.05) is 5.56 Å². The van der Waals surface area contributed by atoms with Gasteiger partial charge in [-0.1, -0.05) is 6.07 Å². The van der Waals surface area contributed by atoms with Crippen LogP contribution >= 0.6 is 0 Å². The second-order valence-electron chi connectivity index (χ2n) is 3.61. The third kappa shape index (κ3) is 1.62. The highest BCUT2D eigenvalue weighted by atomic mass is 16.7. The summed E-state index contributed by atoms with van der Waals surface area (Å²) in [6, 6.07) is 6.00. The van der Waals surface area contributed by atoms with Crippen LogP contribution in [-0.2, 0) is 9.47 Å². The van der Waals surface area contributed by atoms with Gasteiger partial charge in [0.1, 0.15) is 0 Å². The van der Waals surface area contributed by atoms with E-state index in [9.17, 15) is 0 Å². The summed E-state index contributed by atoms with van der Waals surface area (Å²) in [6.07, 6.45) is 2.45. The summed E-state index contributed by atoms with van der Waals surface area (Å²) in [6.45, 7) is 1.54. The lowest BCUT2D eigenvalue weighted by Gasteiger charge is -2.23. The Balaban J connectivity index is 1.95. The van der Waals surface area contributed by atoms with E-state index >= 15 is 0 Å². The topological polar surface area (TPSA) is 47.1 Å². The number of benzene rings is 1. The van der Waals surface area contributed by atoms with Crippen LogP contribution < -0.4 is 0 Å². The molecule has 4 heteroatoms. The van der Waals surface area contributed by atoms with Crippen LogP contribution in [0.2, 0.25) is 0 Å². The fourth-order valence-corrected chi connectivity index (χ4v) is 1.78. The number of fused-ring (bicyclic) bond motifs is 1. The van der Waals surface area contributed by atoms with E-state index in [0.717, 1.165) is 36.2 Å². The van der Waals surface area contributed by atoms with Crippen molar-refractivity contribution in [2.45, 2.75) is 12.7 Å². The molecule has 1 aromatic heterocycles. The highest BCUT2D eigenvalue weighted by Gasteiger charge is 2.16. The minimum Gasteiger partial charge on any atom is -0.348 e. The molecule has 2 heterocycles. The van der Waals surface area contributed by atoms with Crippen molar-refractivity contribution in [3.8, 4) is 0 Å². The number of nitrogens with zero attached hydrogens (tertiary/aromatic N) is 1. The fraction of sp³-hybridized carbons (Fsp3) is 0.364. The SMILES string of the molecule is c1nc2ccc(C3OCCCO3)cc2[nH]1. The molecule has 3 rings (SSSR count). The molecule has 1 aliphatic heterocycles. The van der Waals surface area contributed by atoms with Crippen LogP contribution in [0.4, 0.5) is 0 Å². The first-order chi connectivity index (χ1) is 7.43. The van der Waals surface area contributed by atoms with Crippen molar-refractivity contribution in [2.24, 2.45) is 0 Å². The van der Waals surface area contributed by atoms with E-state index in [-0.39, 0.29) is 6.29 Å². The van der Waals surface area contributed by atoms with Crippen molar-refractivity contribution < 1.29 is 9.47 Å². The van der Waals surface area contributed by atoms with Crippen molar-refractivity contribution in [2.75, 3.05) is 13.2 Å². The molecule has 0 radical (unpaired) electrons. The average molecular weight is 204 g/mol. The van der Waals surface area contributed by atoms with Crippen LogP contribution in [0, 0.1) is 0 Å². The smallest absolute Gasteiger partial charge is 0.183 e. The van der Waals surface area contributed by atoms with E-state index in [2.05, 4.69) is 9.97 Å². The zero-order valence-electron chi connectivity index (χ0n) is 8.27. The molecule has 0 amide bonds. The number of aromatic amines is 1. The Morgan fingerprint density at radius 2 is 2.13 bits per heavy atom. The number of hydrogen-bond donors (Lipinski definition) is 1. The summed E-state index contributed by atoms with van der Waals surface area (Å²) in [4.78, 5) is 7.24. The minimum absolute atomic E-state index is 0.216. The Labute approximate surface area is 87.2 Å². The molecule has 78 valence electrons. The molecule has 4 nitrogen and oxygen atoms in total. The van der Waals surface area contributed by atoms with E-state index in [1.807, 2.05) is 18.2 Å². The van der Waals surface area contributed by atoms with Gasteiger partial charge in [-0.2, -0.15) is 0 Å². The summed E-state index contributed by atoms with van der Waals surface area (Å²) in [5, 5.41) is 0. The number of imidazole rings is 1. The monoisotopic (exact) mass is 204 g/mol. The highest BCUT2D eigenvalue weighted by molar-refractivity contribution is 5.75. The normalized spacial score (nSPS) is 18.4. The number of H-pyrrole nitrogens is 1. The Morgan fingerprint density at radius 3 is 3.00 bits per heavy atom. The van der Waals surface area contributed by atoms with Crippen LogP contribution in [0.5, 0.6) is 0 Å². The lowest BCUT2D eigenvalue weighted by atomic mass is 10.2. The van der Waals surface area contributed by atoms with Crippen molar-refractivity contribution in [1.29, 1.82) is 0 Å². The van der Waals surface area contributed by atoms with Crippen LogP contribution in [-0.4, -0.2) is 23.2 Å². The Morgan fingerprint density at radius 1 is 1.27 bits per heavy atom. The largest absolute Gasteiger partial charge is 0.348 e. The van der Waals surface area contributed by atoms with E-state index in [1.54, 1.807) is 6.33 Å². The van der Waals surface area contributed by atoms with Crippen LogP contribution in [0.3, 0.4) is 0 Å². The van der Waals surface area contributed by atoms with Crippen LogP contribution in [0.1, 0.15) is 18.3 Å². The number of rotatable bonds is 1. The number of aromatic nitrogens is 2. The van der Waals surface area contributed by atoms with Gasteiger partial charge in [0.2, 0.25) is 0 Å². The highest BCUT2D eigenvalue weighted by Crippen LogP contribution is 2.24. The van der Waals surface area contributed by atoms with Gasteiger partial charge in [0.15, 0.2) is 6.29 Å². The first-order valence-corrected chi connectivity index (χ1v) is 5.10. The number of nitrogens with one attached hydrogen (secondary N) is 1. The number of ether oxygens (including phenoxy) is 2. The van der Waals surface area contributed by atoms with Gasteiger partial charge in [0.25, 0.3) is 0 Å². The zero-order valence-corrected chi connectivity index (χ0v) is 8.27. The van der Waals surface area contributed by atoms with Crippen molar-refractivity contribution in [3.63, 3.8) is 0 Å². The molecule has 1 N–H and O–H groups in total. The van der Waals surface area contributed by atoms with E-state index in [1.165, 1.54) is 0 Å². The van der Waals surface area contributed by atoms with Gasteiger partial charge in [-0.15, -0.1) is 0 Å². The Kier molecular flexibility index (Phi) is 2.16. The molecular weight excluding hydrogens is 192 g/mol. The molecule has 0 aliphatic carbocycles. The van der Waals surface area contributed by atoms with E-state index < -0.39 is 0 Å². The second kappa shape index (κ2) is 3.64. The summed E-state index contributed by atoms with van der Waals surface area (Å²) < 4.78 is 11.1. The van der Waals surface area contributed by atoms with Crippen molar-refractivity contribution in [3.05, 3.63) is 30.1 Å². The van der Waals surface area contributed by atoms with Crippen LogP contribution in [0.25, 0.3) is 11.0 Å². The van der Waals surface area contributed by atoms with Gasteiger partial charge in [-0.05, 0) is 18.6 Å². The van der Waals surface area contributed by atoms with Gasteiger partial charge in [-0.3, -0.25) is 0 Å². The molecule has 2 aromatic rings. The Hall–Kier alpha value is -1.39. The van der Waals surface area contributed by atoms with Crippen LogP contribution in [0.15, 0.2) is 24.5 Å². The third-order valence-corrected chi connectivity index (χ3v) is 2.54. The molecule has 1 aliphatic rings. The molecule has 0 atom stereocenters. The van der Waals surface area contributed by atoms with Gasteiger partial charge >= 0.3 is 0 Å². The molecule has 1 aromatic carbocycles.